The van der Waals surface area contributed by atoms with Gasteiger partial charge in [-0.05, 0) is 19.1 Å². The molecule has 0 aromatic carbocycles. The molecule has 1 atom stereocenters. The second-order valence-electron chi connectivity index (χ2n) is 2.20. The van der Waals surface area contributed by atoms with Gasteiger partial charge in [-0.2, -0.15) is 0 Å². The maximum Gasteiger partial charge on any atom is 0.194 e. The average molecular weight is 214 g/mol. The van der Waals surface area contributed by atoms with Gasteiger partial charge in [-0.25, -0.2) is 0 Å². The number of hydrogen-bond acceptors (Lipinski definition) is 2. The Hall–Kier alpha value is -0.700. The maximum atomic E-state index is 11.2. The van der Waals surface area contributed by atoms with Crippen molar-refractivity contribution in [1.82, 2.24) is 4.98 Å². The Labute approximate surface area is 73.8 Å². The first-order valence-corrected chi connectivity index (χ1v) is 4.22. The third-order valence-corrected chi connectivity index (χ3v) is 1.69. The summed E-state index contributed by atoms with van der Waals surface area (Å²) < 4.78 is 0. The second-order valence-corrected chi connectivity index (χ2v) is 3.57. The Kier molecular flexibility index (Phi) is 2.76. The van der Waals surface area contributed by atoms with Gasteiger partial charge < -0.3 is 0 Å². The van der Waals surface area contributed by atoms with Gasteiger partial charge in [0.15, 0.2) is 5.78 Å². The molecule has 2 nitrogen and oxygen atoms in total. The zero-order chi connectivity index (χ0) is 8.27. The van der Waals surface area contributed by atoms with Crippen molar-refractivity contribution in [2.75, 3.05) is 0 Å². The number of nitrogens with zero attached hydrogens (tertiary/aromatic N) is 1. The van der Waals surface area contributed by atoms with E-state index in [1.54, 1.807) is 31.3 Å². The number of pyridine rings is 1. The summed E-state index contributed by atoms with van der Waals surface area (Å²) in [5.74, 6) is 0.0191. The van der Waals surface area contributed by atoms with Gasteiger partial charge in [0.1, 0.15) is 5.69 Å². The number of rotatable bonds is 2. The lowest BCUT2D eigenvalue weighted by Gasteiger charge is -1.99. The Morgan fingerprint density at radius 3 is 2.82 bits per heavy atom. The Bertz CT molecular complexity index is 246. The first kappa shape index (κ1) is 8.40. The minimum absolute atomic E-state index is 0.0191. The predicted octanol–water partition coefficient (Wildman–Crippen LogP) is 2.05. The van der Waals surface area contributed by atoms with Crippen LogP contribution in [-0.2, 0) is 0 Å². The molecule has 0 N–H and O–H groups in total. The van der Waals surface area contributed by atoms with E-state index < -0.39 is 0 Å². The first-order valence-electron chi connectivity index (χ1n) is 3.31. The largest absolute Gasteiger partial charge is 0.291 e. The van der Waals surface area contributed by atoms with E-state index in [0.29, 0.717) is 5.69 Å². The van der Waals surface area contributed by atoms with Crippen molar-refractivity contribution < 1.29 is 4.79 Å². The van der Waals surface area contributed by atoms with Crippen molar-refractivity contribution in [3.05, 3.63) is 30.1 Å². The van der Waals surface area contributed by atoms with Crippen LogP contribution in [0.1, 0.15) is 17.4 Å². The van der Waals surface area contributed by atoms with Gasteiger partial charge in [0.25, 0.3) is 0 Å². The summed E-state index contributed by atoms with van der Waals surface area (Å²) in [4.78, 5) is 15.0. The number of ketones is 1. The van der Waals surface area contributed by atoms with E-state index >= 15 is 0 Å². The summed E-state index contributed by atoms with van der Waals surface area (Å²) in [5, 5.41) is 0. The Morgan fingerprint density at radius 2 is 2.36 bits per heavy atom. The van der Waals surface area contributed by atoms with Crippen LogP contribution in [0, 0.1) is 0 Å². The highest BCUT2D eigenvalue weighted by Gasteiger charge is 2.11. The van der Waals surface area contributed by atoms with Crippen LogP contribution in [0.25, 0.3) is 0 Å². The van der Waals surface area contributed by atoms with Gasteiger partial charge in [-0.1, -0.05) is 22.0 Å². The molecule has 0 amide bonds. The number of carbonyl (C=O) groups excluding carboxylic acids is 1. The highest BCUT2D eigenvalue weighted by molar-refractivity contribution is 9.10. The summed E-state index contributed by atoms with van der Waals surface area (Å²) >= 11 is 3.19. The fourth-order valence-corrected chi connectivity index (χ4v) is 0.947. The average Bonchev–Trinajstić information content (AvgIpc) is 2.05. The predicted molar refractivity (Wildman–Crippen MR) is 47.0 cm³/mol. The molecule has 0 aliphatic rings. The molecule has 0 radical (unpaired) electrons. The van der Waals surface area contributed by atoms with Crippen LogP contribution in [0.3, 0.4) is 0 Å². The second kappa shape index (κ2) is 3.62. The molecule has 0 aliphatic heterocycles. The zero-order valence-corrected chi connectivity index (χ0v) is 7.71. The maximum absolute atomic E-state index is 11.2. The van der Waals surface area contributed by atoms with Crippen LogP contribution in [0.15, 0.2) is 24.4 Å². The van der Waals surface area contributed by atoms with Crippen LogP contribution in [0.2, 0.25) is 0 Å². The molecule has 0 spiro atoms. The van der Waals surface area contributed by atoms with Crippen molar-refractivity contribution in [1.29, 1.82) is 0 Å². The third kappa shape index (κ3) is 2.12. The lowest BCUT2D eigenvalue weighted by molar-refractivity contribution is 0.0991. The van der Waals surface area contributed by atoms with Gasteiger partial charge in [0.05, 0.1) is 4.83 Å². The van der Waals surface area contributed by atoms with Crippen molar-refractivity contribution in [2.24, 2.45) is 0 Å². The van der Waals surface area contributed by atoms with Crippen LogP contribution in [0.4, 0.5) is 0 Å². The number of alkyl halides is 1. The van der Waals surface area contributed by atoms with Crippen LogP contribution < -0.4 is 0 Å². The molecule has 1 aromatic rings. The molecule has 1 unspecified atom stereocenters. The lowest BCUT2D eigenvalue weighted by Crippen LogP contribution is -2.11. The van der Waals surface area contributed by atoms with Gasteiger partial charge >= 0.3 is 0 Å². The number of carbonyl (C=O) groups is 1. The Morgan fingerprint density at radius 1 is 1.64 bits per heavy atom. The zero-order valence-electron chi connectivity index (χ0n) is 6.12. The molecule has 1 heterocycles. The van der Waals surface area contributed by atoms with Crippen molar-refractivity contribution in [2.45, 2.75) is 11.8 Å². The van der Waals surface area contributed by atoms with Gasteiger partial charge in [0.2, 0.25) is 0 Å². The van der Waals surface area contributed by atoms with Gasteiger partial charge in [-0.15, -0.1) is 0 Å². The van der Waals surface area contributed by atoms with E-state index in [-0.39, 0.29) is 10.6 Å². The van der Waals surface area contributed by atoms with Crippen molar-refractivity contribution in [3.8, 4) is 0 Å². The van der Waals surface area contributed by atoms with Crippen molar-refractivity contribution >= 4 is 21.7 Å². The molecule has 0 saturated heterocycles. The number of aromatic nitrogens is 1. The molecule has 11 heavy (non-hydrogen) atoms. The molecule has 0 bridgehead atoms. The Balaban J connectivity index is 2.86. The molecule has 58 valence electrons. The topological polar surface area (TPSA) is 30.0 Å². The summed E-state index contributed by atoms with van der Waals surface area (Å²) in [7, 11) is 0. The summed E-state index contributed by atoms with van der Waals surface area (Å²) in [5.41, 5.74) is 0.511. The number of Topliss-reactive ketones (excluding diaryl/α,β-unsaturated/α-hetero) is 1. The fraction of sp³-hybridized carbons (Fsp3) is 0.250. The monoisotopic (exact) mass is 213 g/mol. The van der Waals surface area contributed by atoms with E-state index in [1.165, 1.54) is 0 Å². The fourth-order valence-electron chi connectivity index (χ4n) is 0.712. The van der Waals surface area contributed by atoms with E-state index in [9.17, 15) is 4.79 Å². The smallest absolute Gasteiger partial charge is 0.194 e. The standard InChI is InChI=1S/C8H8BrNO/c1-6(9)8(11)7-4-2-3-5-10-7/h2-6H,1H3. The van der Waals surface area contributed by atoms with Crippen molar-refractivity contribution in [3.63, 3.8) is 0 Å². The summed E-state index contributed by atoms with van der Waals surface area (Å²) in [6, 6.07) is 5.30. The van der Waals surface area contributed by atoms with E-state index in [1.807, 2.05) is 0 Å². The molecular formula is C8H8BrNO. The van der Waals surface area contributed by atoms with E-state index in [2.05, 4.69) is 20.9 Å². The highest BCUT2D eigenvalue weighted by Crippen LogP contribution is 2.06. The van der Waals surface area contributed by atoms with Gasteiger partial charge in [-0.3, -0.25) is 9.78 Å². The molecule has 1 aromatic heterocycles. The molecule has 0 saturated carbocycles. The minimum Gasteiger partial charge on any atom is -0.291 e. The quantitative estimate of drug-likeness (QED) is 0.557. The first-order chi connectivity index (χ1) is 5.22. The normalized spacial score (nSPS) is 12.5. The highest BCUT2D eigenvalue weighted by atomic mass is 79.9. The SMILES string of the molecule is CC(Br)C(=O)c1ccccn1. The van der Waals surface area contributed by atoms with E-state index in [0.717, 1.165) is 0 Å². The lowest BCUT2D eigenvalue weighted by atomic mass is 10.2. The molecule has 0 fully saturated rings. The van der Waals surface area contributed by atoms with E-state index in [4.69, 9.17) is 0 Å². The molecule has 1 rings (SSSR count). The number of halogens is 1. The molecule has 3 heteroatoms. The minimum atomic E-state index is -0.155. The van der Waals surface area contributed by atoms with Crippen LogP contribution in [0.5, 0.6) is 0 Å². The van der Waals surface area contributed by atoms with Crippen LogP contribution >= 0.6 is 15.9 Å². The number of hydrogen-bond donors (Lipinski definition) is 0. The van der Waals surface area contributed by atoms with Gasteiger partial charge in [0, 0.05) is 6.20 Å². The summed E-state index contributed by atoms with van der Waals surface area (Å²) in [6.07, 6.45) is 1.61. The van der Waals surface area contributed by atoms with Crippen LogP contribution in [-0.4, -0.2) is 15.6 Å². The molecule has 0 aliphatic carbocycles. The molecular weight excluding hydrogens is 206 g/mol. The summed E-state index contributed by atoms with van der Waals surface area (Å²) in [6.45, 7) is 1.79. The third-order valence-electron chi connectivity index (χ3n) is 1.28.